The number of aromatic nitrogens is 2. The molecule has 0 N–H and O–H groups in total. The first-order valence-electron chi connectivity index (χ1n) is 10.9. The van der Waals surface area contributed by atoms with Crippen LogP contribution in [0.4, 0.5) is 0 Å². The maximum atomic E-state index is 13.7. The van der Waals surface area contributed by atoms with Gasteiger partial charge in [-0.2, -0.15) is 5.10 Å². The standard InChI is InChI=1S/C23H29N3O3/c1-25-20-13-17(7-8-18(20)14-24-25)23(27)26(19-4-2-3-5-19)15-16-6-9-21-22(12-16)29-11-10-28-21/h6,9,12,14,17,19H,2-5,7-8,10-11,13,15H2,1H3/t17-/m0/s1. The van der Waals surface area contributed by atoms with Crippen LogP contribution in [-0.2, 0) is 31.2 Å². The number of carbonyl (C=O) groups excluding carboxylic acids is 1. The average Bonchev–Trinajstić information content (AvgIpc) is 3.41. The third kappa shape index (κ3) is 3.61. The van der Waals surface area contributed by atoms with E-state index in [1.54, 1.807) is 0 Å². The highest BCUT2D eigenvalue weighted by atomic mass is 16.6. The molecule has 3 aliphatic rings. The molecule has 154 valence electrons. The lowest BCUT2D eigenvalue weighted by Gasteiger charge is -2.34. The molecule has 6 heteroatoms. The molecule has 1 fully saturated rings. The lowest BCUT2D eigenvalue weighted by atomic mass is 9.86. The monoisotopic (exact) mass is 395 g/mol. The number of amides is 1. The molecule has 0 unspecified atom stereocenters. The summed E-state index contributed by atoms with van der Waals surface area (Å²) in [6.45, 7) is 1.82. The maximum Gasteiger partial charge on any atom is 0.226 e. The van der Waals surface area contributed by atoms with Crippen molar-refractivity contribution in [2.24, 2.45) is 13.0 Å². The molecule has 0 bridgehead atoms. The lowest BCUT2D eigenvalue weighted by molar-refractivity contribution is -0.139. The van der Waals surface area contributed by atoms with Gasteiger partial charge in [0.1, 0.15) is 13.2 Å². The maximum absolute atomic E-state index is 13.7. The van der Waals surface area contributed by atoms with Crippen molar-refractivity contribution in [1.29, 1.82) is 0 Å². The Labute approximate surface area is 171 Å². The number of nitrogens with zero attached hydrogens (tertiary/aromatic N) is 3. The van der Waals surface area contributed by atoms with Gasteiger partial charge in [-0.3, -0.25) is 9.48 Å². The molecule has 0 spiro atoms. The Balaban J connectivity index is 1.37. The molecule has 2 aromatic rings. The van der Waals surface area contributed by atoms with E-state index in [4.69, 9.17) is 9.47 Å². The van der Waals surface area contributed by atoms with Gasteiger partial charge in [-0.15, -0.1) is 0 Å². The minimum absolute atomic E-state index is 0.0516. The van der Waals surface area contributed by atoms with Crippen LogP contribution in [0.15, 0.2) is 24.4 Å². The number of hydrogen-bond donors (Lipinski definition) is 0. The Kier molecular flexibility index (Phi) is 4.94. The van der Waals surface area contributed by atoms with Crippen molar-refractivity contribution in [1.82, 2.24) is 14.7 Å². The first-order chi connectivity index (χ1) is 14.2. The highest BCUT2D eigenvalue weighted by molar-refractivity contribution is 5.80. The van der Waals surface area contributed by atoms with Crippen LogP contribution >= 0.6 is 0 Å². The minimum Gasteiger partial charge on any atom is -0.486 e. The predicted molar refractivity (Wildman–Crippen MR) is 109 cm³/mol. The molecule has 0 radical (unpaired) electrons. The van der Waals surface area contributed by atoms with Crippen LogP contribution in [0.3, 0.4) is 0 Å². The summed E-state index contributed by atoms with van der Waals surface area (Å²) in [5.41, 5.74) is 3.64. The predicted octanol–water partition coefficient (Wildman–Crippen LogP) is 3.27. The van der Waals surface area contributed by atoms with Crippen LogP contribution in [0.25, 0.3) is 0 Å². The Morgan fingerprint density at radius 2 is 1.97 bits per heavy atom. The molecule has 6 nitrogen and oxygen atoms in total. The largest absolute Gasteiger partial charge is 0.486 e. The summed E-state index contributed by atoms with van der Waals surface area (Å²) in [7, 11) is 1.98. The van der Waals surface area contributed by atoms with Crippen molar-refractivity contribution in [3.63, 3.8) is 0 Å². The lowest BCUT2D eigenvalue weighted by Crippen LogP contribution is -2.43. The molecule has 0 saturated heterocycles. The number of carbonyl (C=O) groups is 1. The van der Waals surface area contributed by atoms with Crippen LogP contribution in [0.1, 0.15) is 48.9 Å². The van der Waals surface area contributed by atoms with E-state index in [1.165, 1.54) is 24.1 Å². The molecule has 1 amide bonds. The first kappa shape index (κ1) is 18.5. The van der Waals surface area contributed by atoms with Gasteiger partial charge in [0.05, 0.1) is 6.20 Å². The summed E-state index contributed by atoms with van der Waals surface area (Å²) in [6.07, 6.45) is 9.27. The van der Waals surface area contributed by atoms with E-state index >= 15 is 0 Å². The van der Waals surface area contributed by atoms with E-state index in [2.05, 4.69) is 16.1 Å². The van der Waals surface area contributed by atoms with Crippen LogP contribution < -0.4 is 9.47 Å². The van der Waals surface area contributed by atoms with Gasteiger partial charge in [0.15, 0.2) is 11.5 Å². The fraction of sp³-hybridized carbons (Fsp3) is 0.565. The molecular formula is C23H29N3O3. The molecule has 1 atom stereocenters. The summed E-state index contributed by atoms with van der Waals surface area (Å²) in [5, 5.41) is 4.39. The average molecular weight is 396 g/mol. The van der Waals surface area contributed by atoms with Gasteiger partial charge < -0.3 is 14.4 Å². The number of aryl methyl sites for hydroxylation is 2. The smallest absolute Gasteiger partial charge is 0.226 e. The third-order valence-corrected chi connectivity index (χ3v) is 6.71. The van der Waals surface area contributed by atoms with Crippen molar-refractivity contribution < 1.29 is 14.3 Å². The zero-order chi connectivity index (χ0) is 19.8. The molecule has 1 aliphatic heterocycles. The van der Waals surface area contributed by atoms with E-state index in [0.29, 0.717) is 31.7 Å². The van der Waals surface area contributed by atoms with Gasteiger partial charge in [0, 0.05) is 37.7 Å². The van der Waals surface area contributed by atoms with Gasteiger partial charge in [-0.25, -0.2) is 0 Å². The number of hydrogen-bond acceptors (Lipinski definition) is 4. The number of rotatable bonds is 4. The Bertz CT molecular complexity index is 901. The van der Waals surface area contributed by atoms with E-state index in [9.17, 15) is 4.79 Å². The van der Waals surface area contributed by atoms with Crippen molar-refractivity contribution in [2.45, 2.75) is 57.5 Å². The third-order valence-electron chi connectivity index (χ3n) is 6.71. The second-order valence-corrected chi connectivity index (χ2v) is 8.56. The SMILES string of the molecule is Cn1ncc2c1C[C@@H](C(=O)N(Cc1ccc3c(c1)OCCO3)C1CCCC1)CC2. The van der Waals surface area contributed by atoms with Gasteiger partial charge in [0.25, 0.3) is 0 Å². The van der Waals surface area contributed by atoms with E-state index in [0.717, 1.165) is 49.2 Å². The zero-order valence-corrected chi connectivity index (χ0v) is 17.1. The summed E-state index contributed by atoms with van der Waals surface area (Å²) in [6, 6.07) is 6.44. The van der Waals surface area contributed by atoms with Crippen LogP contribution in [0.5, 0.6) is 11.5 Å². The van der Waals surface area contributed by atoms with Crippen molar-refractivity contribution in [3.8, 4) is 11.5 Å². The first-order valence-corrected chi connectivity index (χ1v) is 10.9. The summed E-state index contributed by atoms with van der Waals surface area (Å²) >= 11 is 0. The van der Waals surface area contributed by atoms with Crippen LogP contribution in [0, 0.1) is 5.92 Å². The summed E-state index contributed by atoms with van der Waals surface area (Å²) in [5.74, 6) is 1.95. The number of ether oxygens (including phenoxy) is 2. The Morgan fingerprint density at radius 1 is 1.17 bits per heavy atom. The van der Waals surface area contributed by atoms with Gasteiger partial charge >= 0.3 is 0 Å². The van der Waals surface area contributed by atoms with E-state index in [-0.39, 0.29) is 5.92 Å². The quantitative estimate of drug-likeness (QED) is 0.797. The van der Waals surface area contributed by atoms with Gasteiger partial charge in [-0.05, 0) is 48.9 Å². The zero-order valence-electron chi connectivity index (χ0n) is 17.1. The minimum atomic E-state index is 0.0516. The van der Waals surface area contributed by atoms with E-state index in [1.807, 2.05) is 30.1 Å². The van der Waals surface area contributed by atoms with E-state index < -0.39 is 0 Å². The molecule has 5 rings (SSSR count). The number of benzene rings is 1. The Hall–Kier alpha value is -2.50. The molecule has 29 heavy (non-hydrogen) atoms. The summed E-state index contributed by atoms with van der Waals surface area (Å²) < 4.78 is 13.3. The highest BCUT2D eigenvalue weighted by Crippen LogP contribution is 2.34. The molecule has 2 heterocycles. The fourth-order valence-corrected chi connectivity index (χ4v) is 5.08. The van der Waals surface area contributed by atoms with Crippen LogP contribution in [0.2, 0.25) is 0 Å². The number of fused-ring (bicyclic) bond motifs is 2. The van der Waals surface area contributed by atoms with Crippen LogP contribution in [-0.4, -0.2) is 39.8 Å². The summed E-state index contributed by atoms with van der Waals surface area (Å²) in [4.78, 5) is 15.8. The second-order valence-electron chi connectivity index (χ2n) is 8.56. The highest BCUT2D eigenvalue weighted by Gasteiger charge is 2.34. The molecule has 2 aliphatic carbocycles. The molecule has 1 saturated carbocycles. The molecule has 1 aromatic carbocycles. The fourth-order valence-electron chi connectivity index (χ4n) is 5.08. The molecule has 1 aromatic heterocycles. The topological polar surface area (TPSA) is 56.6 Å². The molecular weight excluding hydrogens is 366 g/mol. The Morgan fingerprint density at radius 3 is 2.79 bits per heavy atom. The normalized spacial score (nSPS) is 21.1. The van der Waals surface area contributed by atoms with Gasteiger partial charge in [0.2, 0.25) is 5.91 Å². The van der Waals surface area contributed by atoms with Gasteiger partial charge in [-0.1, -0.05) is 18.9 Å². The van der Waals surface area contributed by atoms with Crippen molar-refractivity contribution in [2.75, 3.05) is 13.2 Å². The van der Waals surface area contributed by atoms with Crippen molar-refractivity contribution in [3.05, 3.63) is 41.2 Å². The second kappa shape index (κ2) is 7.73. The van der Waals surface area contributed by atoms with Crippen molar-refractivity contribution >= 4 is 5.91 Å².